The third-order valence-electron chi connectivity index (χ3n) is 5.69. The van der Waals surface area contributed by atoms with Gasteiger partial charge in [0.2, 0.25) is 0 Å². The molecule has 3 aromatic rings. The number of halogens is 8. The Kier molecular flexibility index (Phi) is 6.33. The van der Waals surface area contributed by atoms with Gasteiger partial charge in [-0.1, -0.05) is 23.7 Å². The fourth-order valence-corrected chi connectivity index (χ4v) is 3.92. The summed E-state index contributed by atoms with van der Waals surface area (Å²) in [6, 6.07) is 1.50. The van der Waals surface area contributed by atoms with Crippen LogP contribution in [0.25, 0.3) is 17.1 Å². The van der Waals surface area contributed by atoms with Gasteiger partial charge in [-0.2, -0.15) is 31.4 Å². The van der Waals surface area contributed by atoms with Crippen LogP contribution in [0.3, 0.4) is 0 Å². The molecule has 13 heteroatoms. The second kappa shape index (κ2) is 8.74. The quantitative estimate of drug-likeness (QED) is 0.396. The summed E-state index contributed by atoms with van der Waals surface area (Å²) in [4.78, 5) is 8.62. The smallest absolute Gasteiger partial charge is 0.308 e. The topological polar surface area (TPSA) is 55.6 Å². The van der Waals surface area contributed by atoms with Crippen molar-refractivity contribution in [1.82, 2.24) is 25.1 Å². The predicted octanol–water partition coefficient (Wildman–Crippen LogP) is 6.14. The van der Waals surface area contributed by atoms with Crippen molar-refractivity contribution in [3.63, 3.8) is 0 Å². The van der Waals surface area contributed by atoms with Gasteiger partial charge in [0.05, 0.1) is 28.2 Å². The van der Waals surface area contributed by atoms with Gasteiger partial charge < -0.3 is 5.32 Å². The first-order valence-electron chi connectivity index (χ1n) is 10.5. The molecule has 4 rings (SSSR count). The van der Waals surface area contributed by atoms with Gasteiger partial charge in [-0.15, -0.1) is 0 Å². The standard InChI is InChI=1S/C22H19ClF7N5/c1-11-5-14(20(24,21(25,26)27)22(28,29)30)6-12(2)18(11)35-10-13(7-33-35)19-32-8-16(23)17(34-19)9-31-15-3-4-15/h5-8,10,15,31H,3-4,9H2,1-2H3. The molecule has 0 bridgehead atoms. The number of rotatable bonds is 6. The fraction of sp³-hybridized carbons (Fsp3) is 0.409. The van der Waals surface area contributed by atoms with E-state index in [0.717, 1.165) is 12.8 Å². The van der Waals surface area contributed by atoms with Crippen LogP contribution in [0.5, 0.6) is 0 Å². The van der Waals surface area contributed by atoms with Crippen molar-refractivity contribution >= 4 is 11.6 Å². The van der Waals surface area contributed by atoms with Crippen molar-refractivity contribution in [3.05, 3.63) is 58.1 Å². The van der Waals surface area contributed by atoms with Crippen LogP contribution in [-0.4, -0.2) is 38.1 Å². The van der Waals surface area contributed by atoms with E-state index in [1.807, 2.05) is 0 Å². The highest BCUT2D eigenvalue weighted by Gasteiger charge is 2.73. The van der Waals surface area contributed by atoms with Crippen molar-refractivity contribution in [2.75, 3.05) is 0 Å². The van der Waals surface area contributed by atoms with Gasteiger partial charge in [0.25, 0.3) is 0 Å². The minimum Gasteiger partial charge on any atom is -0.308 e. The average molecular weight is 522 g/mol. The summed E-state index contributed by atoms with van der Waals surface area (Å²) in [6.07, 6.45) is -5.91. The molecule has 0 saturated heterocycles. The zero-order valence-electron chi connectivity index (χ0n) is 18.4. The van der Waals surface area contributed by atoms with E-state index in [1.54, 1.807) is 0 Å². The molecule has 188 valence electrons. The van der Waals surface area contributed by atoms with Crippen LogP contribution in [0.1, 0.15) is 35.2 Å². The molecule has 0 spiro atoms. The number of hydrogen-bond acceptors (Lipinski definition) is 4. The van der Waals surface area contributed by atoms with E-state index in [2.05, 4.69) is 20.4 Å². The Morgan fingerprint density at radius 1 is 1.00 bits per heavy atom. The first-order valence-corrected chi connectivity index (χ1v) is 10.8. The largest absolute Gasteiger partial charge is 0.435 e. The van der Waals surface area contributed by atoms with Crippen LogP contribution in [0, 0.1) is 13.8 Å². The van der Waals surface area contributed by atoms with Gasteiger partial charge >= 0.3 is 18.0 Å². The first kappa shape index (κ1) is 25.4. The third-order valence-corrected chi connectivity index (χ3v) is 6.01. The van der Waals surface area contributed by atoms with E-state index in [4.69, 9.17) is 11.6 Å². The zero-order chi connectivity index (χ0) is 25.8. The molecule has 1 N–H and O–H groups in total. The van der Waals surface area contributed by atoms with Crippen molar-refractivity contribution in [2.45, 2.75) is 57.3 Å². The monoisotopic (exact) mass is 521 g/mol. The number of alkyl halides is 7. The number of aryl methyl sites for hydroxylation is 2. The molecular formula is C22H19ClF7N5. The molecule has 1 fully saturated rings. The van der Waals surface area contributed by atoms with Gasteiger partial charge in [-0.05, 0) is 37.8 Å². The minimum atomic E-state index is -6.19. The van der Waals surface area contributed by atoms with Crippen LogP contribution in [0.4, 0.5) is 30.7 Å². The second-order valence-electron chi connectivity index (χ2n) is 8.43. The Balaban J connectivity index is 1.69. The molecule has 5 nitrogen and oxygen atoms in total. The zero-order valence-corrected chi connectivity index (χ0v) is 19.2. The van der Waals surface area contributed by atoms with Crippen molar-refractivity contribution < 1.29 is 30.7 Å². The number of aromatic nitrogens is 4. The molecule has 2 aromatic heterocycles. The van der Waals surface area contributed by atoms with E-state index in [0.29, 0.717) is 41.0 Å². The maximum absolute atomic E-state index is 14.5. The summed E-state index contributed by atoms with van der Waals surface area (Å²) >= 11 is 6.17. The van der Waals surface area contributed by atoms with E-state index in [-0.39, 0.29) is 22.6 Å². The number of nitrogens with one attached hydrogen (secondary N) is 1. The van der Waals surface area contributed by atoms with Crippen LogP contribution >= 0.6 is 11.6 Å². The van der Waals surface area contributed by atoms with Crippen LogP contribution in [0.15, 0.2) is 30.7 Å². The van der Waals surface area contributed by atoms with E-state index >= 15 is 0 Å². The molecule has 35 heavy (non-hydrogen) atoms. The maximum Gasteiger partial charge on any atom is 0.435 e. The van der Waals surface area contributed by atoms with Crippen molar-refractivity contribution in [1.29, 1.82) is 0 Å². The number of nitrogens with zero attached hydrogens (tertiary/aromatic N) is 4. The summed E-state index contributed by atoms with van der Waals surface area (Å²) < 4.78 is 94.9. The predicted molar refractivity (Wildman–Crippen MR) is 114 cm³/mol. The van der Waals surface area contributed by atoms with Crippen molar-refractivity contribution in [2.24, 2.45) is 0 Å². The molecule has 2 heterocycles. The average Bonchev–Trinajstić information content (AvgIpc) is 3.46. The van der Waals surface area contributed by atoms with Gasteiger partial charge in [0.1, 0.15) is 0 Å². The normalized spacial score (nSPS) is 15.0. The highest BCUT2D eigenvalue weighted by atomic mass is 35.5. The summed E-state index contributed by atoms with van der Waals surface area (Å²) in [7, 11) is 0. The molecule has 0 radical (unpaired) electrons. The molecule has 1 aromatic carbocycles. The minimum absolute atomic E-state index is 0.0310. The highest BCUT2D eigenvalue weighted by Crippen LogP contribution is 2.53. The SMILES string of the molecule is Cc1cc(C(F)(C(F)(F)F)C(F)(F)F)cc(C)c1-n1cc(-c2ncc(Cl)c(CNC3CC3)n2)cn1. The van der Waals surface area contributed by atoms with Gasteiger partial charge in [-0.25, -0.2) is 19.0 Å². The Bertz CT molecular complexity index is 1210. The van der Waals surface area contributed by atoms with Crippen molar-refractivity contribution in [3.8, 4) is 17.1 Å². The Labute approximate surface area is 200 Å². The van der Waals surface area contributed by atoms with Gasteiger partial charge in [0, 0.05) is 30.5 Å². The van der Waals surface area contributed by atoms with E-state index in [9.17, 15) is 30.7 Å². The molecule has 1 aliphatic rings. The summed E-state index contributed by atoms with van der Waals surface area (Å²) in [5.41, 5.74) is -5.89. The molecule has 1 saturated carbocycles. The maximum atomic E-state index is 14.5. The highest BCUT2D eigenvalue weighted by molar-refractivity contribution is 6.31. The van der Waals surface area contributed by atoms with Crippen LogP contribution < -0.4 is 5.32 Å². The molecular weight excluding hydrogens is 503 g/mol. The molecule has 0 unspecified atom stereocenters. The van der Waals surface area contributed by atoms with E-state index in [1.165, 1.54) is 37.1 Å². The Morgan fingerprint density at radius 3 is 2.14 bits per heavy atom. The third kappa shape index (κ3) is 4.73. The van der Waals surface area contributed by atoms with Crippen LogP contribution in [-0.2, 0) is 12.2 Å². The molecule has 0 aliphatic heterocycles. The lowest BCUT2D eigenvalue weighted by Crippen LogP contribution is -2.50. The van der Waals surface area contributed by atoms with E-state index < -0.39 is 23.6 Å². The number of hydrogen-bond donors (Lipinski definition) is 1. The Morgan fingerprint density at radius 2 is 1.60 bits per heavy atom. The lowest BCUT2D eigenvalue weighted by atomic mass is 9.90. The Hall–Kier alpha value is -2.73. The summed E-state index contributed by atoms with van der Waals surface area (Å²) in [5, 5.41) is 7.83. The van der Waals surface area contributed by atoms with Gasteiger partial charge in [-0.3, -0.25) is 0 Å². The molecule has 0 amide bonds. The van der Waals surface area contributed by atoms with Crippen LogP contribution in [0.2, 0.25) is 5.02 Å². The van der Waals surface area contributed by atoms with Gasteiger partial charge in [0.15, 0.2) is 5.82 Å². The summed E-state index contributed by atoms with van der Waals surface area (Å²) in [5.74, 6) is 0.289. The molecule has 0 atom stereocenters. The lowest BCUT2D eigenvalue weighted by molar-refractivity contribution is -0.348. The number of benzene rings is 1. The summed E-state index contributed by atoms with van der Waals surface area (Å²) in [6.45, 7) is 3.00. The fourth-order valence-electron chi connectivity index (χ4n) is 3.76. The lowest BCUT2D eigenvalue weighted by Gasteiger charge is -2.31. The second-order valence-corrected chi connectivity index (χ2v) is 8.84. The first-order chi connectivity index (χ1) is 16.2. The molecule has 1 aliphatic carbocycles.